The molecule has 0 heterocycles. The molecule has 0 aromatic heterocycles. The van der Waals surface area contributed by atoms with Crippen LogP contribution in [0.3, 0.4) is 0 Å². The molecule has 31 heavy (non-hydrogen) atoms. The van der Waals surface area contributed by atoms with Crippen molar-refractivity contribution < 1.29 is 20.4 Å². The normalized spacial score (nSPS) is 45.8. The maximum Gasteiger partial charge on any atom is 0.0661 e. The lowest BCUT2D eigenvalue weighted by Crippen LogP contribution is -2.52. The van der Waals surface area contributed by atoms with Crippen molar-refractivity contribution in [1.29, 1.82) is 0 Å². The van der Waals surface area contributed by atoms with Crippen LogP contribution in [-0.4, -0.2) is 55.3 Å². The predicted molar refractivity (Wildman–Crippen MR) is 127 cm³/mol. The van der Waals surface area contributed by atoms with Crippen LogP contribution in [0, 0.1) is 28.6 Å². The molecule has 0 saturated heterocycles. The second kappa shape index (κ2) is 8.16. The van der Waals surface area contributed by atoms with Gasteiger partial charge in [-0.15, -0.1) is 0 Å². The van der Waals surface area contributed by atoms with Crippen LogP contribution >= 0.6 is 11.8 Å². The maximum atomic E-state index is 11.2. The molecule has 4 aliphatic carbocycles. The second-order valence-corrected chi connectivity index (χ2v) is 13.4. The van der Waals surface area contributed by atoms with E-state index in [9.17, 15) is 20.4 Å². The average Bonchev–Trinajstić information content (AvgIpc) is 2.92. The summed E-state index contributed by atoms with van der Waals surface area (Å²) in [5.74, 6) is 1.79. The van der Waals surface area contributed by atoms with Crippen molar-refractivity contribution in [3.63, 3.8) is 0 Å². The van der Waals surface area contributed by atoms with E-state index in [2.05, 4.69) is 32.9 Å². The zero-order valence-electron chi connectivity index (χ0n) is 19.8. The minimum Gasteiger partial charge on any atom is -0.393 e. The third kappa shape index (κ3) is 3.97. The Morgan fingerprint density at radius 3 is 2.52 bits per heavy atom. The van der Waals surface area contributed by atoms with Crippen LogP contribution < -0.4 is 0 Å². The van der Waals surface area contributed by atoms with E-state index >= 15 is 0 Å². The Balaban J connectivity index is 1.57. The summed E-state index contributed by atoms with van der Waals surface area (Å²) in [5.41, 5.74) is 1.74. The van der Waals surface area contributed by atoms with Gasteiger partial charge in [-0.1, -0.05) is 44.1 Å². The first-order valence-corrected chi connectivity index (χ1v) is 13.2. The second-order valence-electron chi connectivity index (χ2n) is 11.9. The van der Waals surface area contributed by atoms with Gasteiger partial charge in [0.15, 0.2) is 0 Å². The SMILES string of the molecule is CC(SCCC(C)(C)O)[C@H]1[C@@H](O)C[C@H]2C3=CC=C4C[C@@H](O)C[C@H](O)[C@]4(C)[C@H]3CC[C@@]21C. The molecule has 4 rings (SSSR count). The maximum absolute atomic E-state index is 11.2. The fourth-order valence-electron chi connectivity index (χ4n) is 7.55. The number of thioether (sulfide) groups is 1. The Morgan fingerprint density at radius 2 is 1.84 bits per heavy atom. The van der Waals surface area contributed by atoms with Crippen LogP contribution in [0.1, 0.15) is 73.1 Å². The van der Waals surface area contributed by atoms with Crippen molar-refractivity contribution >= 4 is 11.8 Å². The molecule has 3 saturated carbocycles. The molecule has 0 radical (unpaired) electrons. The van der Waals surface area contributed by atoms with Crippen molar-refractivity contribution in [2.45, 2.75) is 102 Å². The van der Waals surface area contributed by atoms with E-state index in [1.165, 1.54) is 11.1 Å². The van der Waals surface area contributed by atoms with E-state index < -0.39 is 17.8 Å². The third-order valence-corrected chi connectivity index (χ3v) is 10.6. The summed E-state index contributed by atoms with van der Waals surface area (Å²) in [6.45, 7) is 10.6. The van der Waals surface area contributed by atoms with Crippen LogP contribution in [0.2, 0.25) is 0 Å². The van der Waals surface area contributed by atoms with E-state index in [1.807, 2.05) is 25.6 Å². The number of hydrogen-bond acceptors (Lipinski definition) is 5. The van der Waals surface area contributed by atoms with Gasteiger partial charge in [0.25, 0.3) is 0 Å². The molecule has 4 N–H and O–H groups in total. The molecule has 0 bridgehead atoms. The topological polar surface area (TPSA) is 80.9 Å². The predicted octanol–water partition coefficient (Wildman–Crippen LogP) is 4.07. The van der Waals surface area contributed by atoms with Gasteiger partial charge in [-0.05, 0) is 69.0 Å². The summed E-state index contributed by atoms with van der Waals surface area (Å²) in [5, 5.41) is 42.8. The summed E-state index contributed by atoms with van der Waals surface area (Å²) in [6.07, 6.45) is 7.95. The van der Waals surface area contributed by atoms with Crippen molar-refractivity contribution in [2.75, 3.05) is 5.75 Å². The van der Waals surface area contributed by atoms with Crippen LogP contribution in [0.15, 0.2) is 23.3 Å². The largest absolute Gasteiger partial charge is 0.393 e. The first-order valence-electron chi connectivity index (χ1n) is 12.2. The highest BCUT2D eigenvalue weighted by Gasteiger charge is 2.61. The minimum absolute atomic E-state index is 0.0593. The quantitative estimate of drug-likeness (QED) is 0.508. The summed E-state index contributed by atoms with van der Waals surface area (Å²) in [6, 6.07) is 0. The monoisotopic (exact) mass is 450 g/mol. The number of fused-ring (bicyclic) bond motifs is 5. The highest BCUT2D eigenvalue weighted by Crippen LogP contribution is 2.66. The van der Waals surface area contributed by atoms with Gasteiger partial charge in [-0.25, -0.2) is 0 Å². The van der Waals surface area contributed by atoms with Crippen LogP contribution in [0.4, 0.5) is 0 Å². The molecule has 176 valence electrons. The number of hydrogen-bond donors (Lipinski definition) is 4. The van der Waals surface area contributed by atoms with Gasteiger partial charge in [0, 0.05) is 23.0 Å². The van der Waals surface area contributed by atoms with Crippen molar-refractivity contribution in [3.8, 4) is 0 Å². The first kappa shape index (κ1) is 23.8. The zero-order chi connectivity index (χ0) is 22.8. The van der Waals surface area contributed by atoms with Crippen LogP contribution in [0.5, 0.6) is 0 Å². The molecule has 4 nitrogen and oxygen atoms in total. The van der Waals surface area contributed by atoms with Gasteiger partial charge in [0.2, 0.25) is 0 Å². The third-order valence-electron chi connectivity index (χ3n) is 9.36. The summed E-state index contributed by atoms with van der Waals surface area (Å²) in [7, 11) is 0. The van der Waals surface area contributed by atoms with E-state index in [0.717, 1.165) is 31.4 Å². The molecule has 4 aliphatic rings. The van der Waals surface area contributed by atoms with E-state index in [4.69, 9.17) is 0 Å². The van der Waals surface area contributed by atoms with E-state index in [-0.39, 0.29) is 22.9 Å². The molecule has 3 fully saturated rings. The van der Waals surface area contributed by atoms with E-state index in [1.54, 1.807) is 0 Å². The fraction of sp³-hybridized carbons (Fsp3) is 0.846. The molecule has 5 heteroatoms. The van der Waals surface area contributed by atoms with E-state index in [0.29, 0.717) is 29.9 Å². The summed E-state index contributed by atoms with van der Waals surface area (Å²) in [4.78, 5) is 0. The van der Waals surface area contributed by atoms with Gasteiger partial charge in [0.05, 0.1) is 23.9 Å². The number of allylic oxidation sites excluding steroid dienone is 3. The first-order chi connectivity index (χ1) is 14.4. The highest BCUT2D eigenvalue weighted by atomic mass is 32.2. The lowest BCUT2D eigenvalue weighted by Gasteiger charge is -2.56. The Bertz CT molecular complexity index is 755. The summed E-state index contributed by atoms with van der Waals surface area (Å²) < 4.78 is 0. The fourth-order valence-corrected chi connectivity index (χ4v) is 9.24. The van der Waals surface area contributed by atoms with Gasteiger partial charge in [-0.2, -0.15) is 11.8 Å². The lowest BCUT2D eigenvalue weighted by molar-refractivity contribution is -0.0534. The molecule has 9 atom stereocenters. The van der Waals surface area contributed by atoms with Gasteiger partial charge in [-0.3, -0.25) is 0 Å². The molecular formula is C26H42O4S. The van der Waals surface area contributed by atoms with Gasteiger partial charge < -0.3 is 20.4 Å². The number of rotatable bonds is 5. The highest BCUT2D eigenvalue weighted by molar-refractivity contribution is 7.99. The Labute approximate surface area is 192 Å². The lowest BCUT2D eigenvalue weighted by atomic mass is 9.49. The van der Waals surface area contributed by atoms with Gasteiger partial charge in [0.1, 0.15) is 0 Å². The molecule has 0 amide bonds. The molecule has 0 aliphatic heterocycles. The number of aliphatic hydroxyl groups excluding tert-OH is 3. The standard InChI is InChI=1S/C26H42O4S/c1-15(31-11-10-24(2,3)30)23-21(28)14-20-18-7-6-16-12-17(27)13-22(29)26(16,5)19(18)8-9-25(20,23)4/h6-7,15,17,19-23,27-30H,8-14H2,1-5H3/t15?,17-,19+,20+,21+,22+,23+,25+,26+/m1/s1. The molecule has 0 aromatic carbocycles. The van der Waals surface area contributed by atoms with Crippen molar-refractivity contribution in [2.24, 2.45) is 28.6 Å². The smallest absolute Gasteiger partial charge is 0.0661 e. The van der Waals surface area contributed by atoms with Crippen molar-refractivity contribution in [1.82, 2.24) is 0 Å². The minimum atomic E-state index is -0.647. The summed E-state index contributed by atoms with van der Waals surface area (Å²) >= 11 is 1.89. The Kier molecular flexibility index (Phi) is 6.27. The Hall–Kier alpha value is -0.330. The Morgan fingerprint density at radius 1 is 1.13 bits per heavy atom. The van der Waals surface area contributed by atoms with Crippen LogP contribution in [-0.2, 0) is 0 Å². The zero-order valence-corrected chi connectivity index (χ0v) is 20.7. The average molecular weight is 451 g/mol. The van der Waals surface area contributed by atoms with Crippen LogP contribution in [0.25, 0.3) is 0 Å². The molecule has 1 unspecified atom stereocenters. The molecular weight excluding hydrogens is 408 g/mol. The van der Waals surface area contributed by atoms with Gasteiger partial charge >= 0.3 is 0 Å². The number of aliphatic hydroxyl groups is 4. The van der Waals surface area contributed by atoms with Crippen molar-refractivity contribution in [3.05, 3.63) is 23.3 Å². The molecule has 0 aromatic rings. The molecule has 0 spiro atoms.